The monoisotopic (exact) mass is 355 g/mol. The summed E-state index contributed by atoms with van der Waals surface area (Å²) in [7, 11) is 1.61. The second-order valence-corrected chi connectivity index (χ2v) is 6.29. The van der Waals surface area contributed by atoms with E-state index in [9.17, 15) is 9.59 Å². The van der Waals surface area contributed by atoms with Crippen molar-refractivity contribution in [2.24, 2.45) is 0 Å². The van der Waals surface area contributed by atoms with Crippen molar-refractivity contribution in [3.63, 3.8) is 0 Å². The number of ether oxygens (including phenoxy) is 2. The van der Waals surface area contributed by atoms with Crippen molar-refractivity contribution in [1.82, 2.24) is 0 Å². The molecule has 2 aromatic carbocycles. The molecule has 0 aliphatic rings. The Kier molecular flexibility index (Phi) is 6.78. The van der Waals surface area contributed by atoms with Gasteiger partial charge in [0.1, 0.15) is 5.75 Å². The molecule has 0 aromatic heterocycles. The molecule has 0 unspecified atom stereocenters. The van der Waals surface area contributed by atoms with Crippen molar-refractivity contribution < 1.29 is 19.1 Å². The lowest BCUT2D eigenvalue weighted by Gasteiger charge is -2.15. The van der Waals surface area contributed by atoms with E-state index in [0.29, 0.717) is 6.42 Å². The van der Waals surface area contributed by atoms with Crippen LogP contribution in [0.15, 0.2) is 42.5 Å². The van der Waals surface area contributed by atoms with Crippen molar-refractivity contribution in [2.45, 2.75) is 39.7 Å². The van der Waals surface area contributed by atoms with Crippen molar-refractivity contribution in [3.05, 3.63) is 59.2 Å². The summed E-state index contributed by atoms with van der Waals surface area (Å²) < 4.78 is 10.3. The maximum absolute atomic E-state index is 12.3. The number of benzene rings is 2. The Balaban J connectivity index is 1.83. The summed E-state index contributed by atoms with van der Waals surface area (Å²) in [5.41, 5.74) is 3.75. The zero-order chi connectivity index (χ0) is 19.1. The summed E-state index contributed by atoms with van der Waals surface area (Å²) >= 11 is 0. The molecule has 0 heterocycles. The number of hydrogen-bond donors (Lipinski definition) is 1. The lowest BCUT2D eigenvalue weighted by Crippen LogP contribution is -2.30. The fourth-order valence-electron chi connectivity index (χ4n) is 2.45. The normalized spacial score (nSPS) is 11.5. The zero-order valence-corrected chi connectivity index (χ0v) is 15.7. The van der Waals surface area contributed by atoms with E-state index in [-0.39, 0.29) is 12.3 Å². The third kappa shape index (κ3) is 5.62. The Morgan fingerprint density at radius 2 is 1.77 bits per heavy atom. The van der Waals surface area contributed by atoms with E-state index < -0.39 is 12.1 Å². The Morgan fingerprint density at radius 3 is 2.42 bits per heavy atom. The van der Waals surface area contributed by atoms with Gasteiger partial charge in [-0.15, -0.1) is 0 Å². The average Bonchev–Trinajstić information content (AvgIpc) is 2.63. The molecule has 0 saturated carbocycles. The lowest BCUT2D eigenvalue weighted by atomic mass is 10.1. The number of amides is 1. The second-order valence-electron chi connectivity index (χ2n) is 6.29. The highest BCUT2D eigenvalue weighted by Gasteiger charge is 2.18. The van der Waals surface area contributed by atoms with Crippen molar-refractivity contribution >= 4 is 17.6 Å². The van der Waals surface area contributed by atoms with Crippen LogP contribution in [0.4, 0.5) is 5.69 Å². The van der Waals surface area contributed by atoms with E-state index in [1.165, 1.54) is 0 Å². The van der Waals surface area contributed by atoms with E-state index >= 15 is 0 Å². The molecule has 0 spiro atoms. The Morgan fingerprint density at radius 1 is 1.08 bits per heavy atom. The van der Waals surface area contributed by atoms with Gasteiger partial charge in [-0.05, 0) is 62.1 Å². The number of methoxy groups -OCH3 is 1. The van der Waals surface area contributed by atoms with Crippen molar-refractivity contribution in [1.29, 1.82) is 0 Å². The first-order valence-corrected chi connectivity index (χ1v) is 8.59. The van der Waals surface area contributed by atoms with Crippen LogP contribution in [-0.2, 0) is 20.7 Å². The van der Waals surface area contributed by atoms with Gasteiger partial charge in [-0.2, -0.15) is 0 Å². The van der Waals surface area contributed by atoms with Gasteiger partial charge in [-0.1, -0.05) is 24.3 Å². The molecule has 0 saturated heterocycles. The van der Waals surface area contributed by atoms with Crippen LogP contribution in [0.3, 0.4) is 0 Å². The zero-order valence-electron chi connectivity index (χ0n) is 15.7. The molecule has 0 aliphatic carbocycles. The van der Waals surface area contributed by atoms with Crippen molar-refractivity contribution in [3.8, 4) is 5.75 Å². The van der Waals surface area contributed by atoms with Crippen LogP contribution < -0.4 is 10.1 Å². The number of esters is 1. The smallest absolute Gasteiger partial charge is 0.306 e. The Hall–Kier alpha value is -2.82. The molecule has 0 bridgehead atoms. The maximum Gasteiger partial charge on any atom is 0.306 e. The minimum absolute atomic E-state index is 0.216. The molecule has 1 atom stereocenters. The molecular weight excluding hydrogens is 330 g/mol. The molecular formula is C21H25NO4. The average molecular weight is 355 g/mol. The molecule has 26 heavy (non-hydrogen) atoms. The van der Waals surface area contributed by atoms with Gasteiger partial charge >= 0.3 is 5.97 Å². The topological polar surface area (TPSA) is 64.6 Å². The largest absolute Gasteiger partial charge is 0.497 e. The summed E-state index contributed by atoms with van der Waals surface area (Å²) in [6, 6.07) is 13.3. The van der Waals surface area contributed by atoms with Crippen LogP contribution in [0.2, 0.25) is 0 Å². The predicted octanol–water partition coefficient (Wildman–Crippen LogP) is 3.82. The second kappa shape index (κ2) is 9.04. The summed E-state index contributed by atoms with van der Waals surface area (Å²) in [6.45, 7) is 5.45. The fourth-order valence-corrected chi connectivity index (χ4v) is 2.45. The van der Waals surface area contributed by atoms with Gasteiger partial charge in [0.25, 0.3) is 5.91 Å². The van der Waals surface area contributed by atoms with E-state index in [2.05, 4.69) is 5.32 Å². The number of anilines is 1. The SMILES string of the molecule is COc1ccc(CCC(=O)O[C@H](C)C(=O)Nc2cc(C)ccc2C)cc1. The molecule has 0 aliphatic heterocycles. The summed E-state index contributed by atoms with van der Waals surface area (Å²) in [4.78, 5) is 24.3. The first-order valence-electron chi connectivity index (χ1n) is 8.59. The first-order chi connectivity index (χ1) is 12.4. The van der Waals surface area contributed by atoms with Gasteiger partial charge in [-0.3, -0.25) is 9.59 Å². The first kappa shape index (κ1) is 19.5. The Bertz CT molecular complexity index is 768. The molecule has 2 rings (SSSR count). The van der Waals surface area contributed by atoms with Crippen LogP contribution in [0, 0.1) is 13.8 Å². The number of hydrogen-bond acceptors (Lipinski definition) is 4. The Labute approximate surface area is 154 Å². The van der Waals surface area contributed by atoms with Crippen LogP contribution in [-0.4, -0.2) is 25.1 Å². The van der Waals surface area contributed by atoms with Crippen LogP contribution in [0.1, 0.15) is 30.0 Å². The van der Waals surface area contributed by atoms with Crippen LogP contribution >= 0.6 is 0 Å². The highest BCUT2D eigenvalue weighted by molar-refractivity contribution is 5.95. The molecule has 5 heteroatoms. The minimum Gasteiger partial charge on any atom is -0.497 e. The van der Waals surface area contributed by atoms with E-state index in [1.807, 2.05) is 56.3 Å². The molecule has 1 N–H and O–H groups in total. The number of aryl methyl sites for hydroxylation is 3. The minimum atomic E-state index is -0.849. The van der Waals surface area contributed by atoms with Gasteiger partial charge in [0.2, 0.25) is 0 Å². The third-order valence-corrected chi connectivity index (χ3v) is 4.11. The molecule has 5 nitrogen and oxygen atoms in total. The van der Waals surface area contributed by atoms with Gasteiger partial charge in [0.15, 0.2) is 6.10 Å². The summed E-state index contributed by atoms with van der Waals surface area (Å²) in [5, 5.41) is 2.81. The predicted molar refractivity (Wildman–Crippen MR) is 101 cm³/mol. The molecule has 2 aromatic rings. The summed E-state index contributed by atoms with van der Waals surface area (Å²) in [6.07, 6.45) is -0.0834. The third-order valence-electron chi connectivity index (χ3n) is 4.11. The number of rotatable bonds is 7. The molecule has 1 amide bonds. The van der Waals surface area contributed by atoms with Crippen LogP contribution in [0.5, 0.6) is 5.75 Å². The highest BCUT2D eigenvalue weighted by Crippen LogP contribution is 2.17. The van der Waals surface area contributed by atoms with Gasteiger partial charge < -0.3 is 14.8 Å². The quantitative estimate of drug-likeness (QED) is 0.767. The van der Waals surface area contributed by atoms with Gasteiger partial charge in [0.05, 0.1) is 7.11 Å². The number of carbonyl (C=O) groups is 2. The number of carbonyl (C=O) groups excluding carboxylic acids is 2. The van der Waals surface area contributed by atoms with Gasteiger partial charge in [0, 0.05) is 12.1 Å². The fraction of sp³-hybridized carbons (Fsp3) is 0.333. The molecule has 0 fully saturated rings. The van der Waals surface area contributed by atoms with Gasteiger partial charge in [-0.25, -0.2) is 0 Å². The van der Waals surface area contributed by atoms with E-state index in [0.717, 1.165) is 28.1 Å². The standard InChI is InChI=1S/C21H25NO4/c1-14-5-6-15(2)19(13-14)22-21(24)16(3)26-20(23)12-9-17-7-10-18(25-4)11-8-17/h5-8,10-11,13,16H,9,12H2,1-4H3,(H,22,24)/t16-/m1/s1. The van der Waals surface area contributed by atoms with E-state index in [4.69, 9.17) is 9.47 Å². The lowest BCUT2D eigenvalue weighted by molar-refractivity contribution is -0.153. The molecule has 138 valence electrons. The number of nitrogens with one attached hydrogen (secondary N) is 1. The van der Waals surface area contributed by atoms with Crippen LogP contribution in [0.25, 0.3) is 0 Å². The molecule has 0 radical (unpaired) electrons. The summed E-state index contributed by atoms with van der Waals surface area (Å²) in [5.74, 6) is 0.0361. The highest BCUT2D eigenvalue weighted by atomic mass is 16.5. The maximum atomic E-state index is 12.3. The van der Waals surface area contributed by atoms with E-state index in [1.54, 1.807) is 14.0 Å². The van der Waals surface area contributed by atoms with Crippen molar-refractivity contribution in [2.75, 3.05) is 12.4 Å².